The van der Waals surface area contributed by atoms with Gasteiger partial charge in [-0.05, 0) is 80.8 Å². The lowest BCUT2D eigenvalue weighted by atomic mass is 9.87. The lowest BCUT2D eigenvalue weighted by Gasteiger charge is -2.30. The van der Waals surface area contributed by atoms with E-state index in [-0.39, 0.29) is 23.8 Å². The average Bonchev–Trinajstić information content (AvgIpc) is 2.75. The van der Waals surface area contributed by atoms with Crippen molar-refractivity contribution in [1.82, 2.24) is 5.32 Å². The third-order valence-electron chi connectivity index (χ3n) is 6.27. The first-order valence-corrected chi connectivity index (χ1v) is 10.9. The first-order valence-electron chi connectivity index (χ1n) is 10.9. The molecule has 2 aliphatic rings. The van der Waals surface area contributed by atoms with Crippen LogP contribution < -0.4 is 15.4 Å². The normalized spacial score (nSPS) is 23.1. The summed E-state index contributed by atoms with van der Waals surface area (Å²) in [5, 5.41) is 6.17. The van der Waals surface area contributed by atoms with Gasteiger partial charge in [-0.15, -0.1) is 0 Å². The highest BCUT2D eigenvalue weighted by molar-refractivity contribution is 6.04. The fourth-order valence-electron chi connectivity index (χ4n) is 4.27. The van der Waals surface area contributed by atoms with Gasteiger partial charge in [0.25, 0.3) is 5.91 Å². The lowest BCUT2D eigenvalue weighted by Crippen LogP contribution is -2.43. The number of hydrogen-bond donors (Lipinski definition) is 2. The van der Waals surface area contributed by atoms with Gasteiger partial charge in [-0.3, -0.25) is 9.59 Å². The molecule has 30 heavy (non-hydrogen) atoms. The molecule has 1 aliphatic heterocycles. The number of rotatable bonds is 4. The van der Waals surface area contributed by atoms with E-state index in [0.29, 0.717) is 24.3 Å². The number of amides is 2. The number of hydrogen-bond acceptors (Lipinski definition) is 3. The molecule has 0 aromatic heterocycles. The third-order valence-corrected chi connectivity index (χ3v) is 6.27. The predicted molar refractivity (Wildman–Crippen MR) is 118 cm³/mol. The second-order valence-electron chi connectivity index (χ2n) is 8.82. The van der Waals surface area contributed by atoms with Crippen molar-refractivity contribution in [1.29, 1.82) is 0 Å². The number of benzene rings is 2. The van der Waals surface area contributed by atoms with Crippen LogP contribution in [0.25, 0.3) is 0 Å². The second kappa shape index (κ2) is 8.90. The zero-order valence-corrected chi connectivity index (χ0v) is 17.7. The maximum Gasteiger partial charge on any atom is 0.255 e. The van der Waals surface area contributed by atoms with Crippen molar-refractivity contribution in [2.24, 2.45) is 11.8 Å². The summed E-state index contributed by atoms with van der Waals surface area (Å²) in [6.45, 7) is 4.67. The molecule has 2 amide bonds. The Morgan fingerprint density at radius 3 is 2.47 bits per heavy atom. The molecule has 2 aromatic rings. The quantitative estimate of drug-likeness (QED) is 0.786. The van der Waals surface area contributed by atoms with Crippen LogP contribution in [0.3, 0.4) is 0 Å². The minimum atomic E-state index is -0.195. The largest absolute Gasteiger partial charge is 0.492 e. The smallest absolute Gasteiger partial charge is 0.255 e. The lowest BCUT2D eigenvalue weighted by molar-refractivity contribution is -0.127. The monoisotopic (exact) mass is 406 g/mol. The zero-order valence-electron chi connectivity index (χ0n) is 17.7. The van der Waals surface area contributed by atoms with E-state index < -0.39 is 0 Å². The molecule has 5 nitrogen and oxygen atoms in total. The van der Waals surface area contributed by atoms with Crippen molar-refractivity contribution < 1.29 is 14.3 Å². The van der Waals surface area contributed by atoms with Gasteiger partial charge in [-0.1, -0.05) is 24.6 Å². The van der Waals surface area contributed by atoms with E-state index in [2.05, 4.69) is 17.6 Å². The van der Waals surface area contributed by atoms with Crippen LogP contribution in [0.2, 0.25) is 0 Å². The molecule has 158 valence electrons. The van der Waals surface area contributed by atoms with Crippen LogP contribution in [0.15, 0.2) is 42.5 Å². The molecule has 0 unspecified atom stereocenters. The number of aryl methyl sites for hydroxylation is 1. The molecule has 0 radical (unpaired) electrons. The van der Waals surface area contributed by atoms with Crippen molar-refractivity contribution in [3.05, 3.63) is 59.2 Å². The number of ether oxygens (including phenoxy) is 1. The van der Waals surface area contributed by atoms with Crippen molar-refractivity contribution >= 4 is 17.5 Å². The Bertz CT molecular complexity index is 914. The van der Waals surface area contributed by atoms with E-state index >= 15 is 0 Å². The fourth-order valence-corrected chi connectivity index (χ4v) is 4.27. The van der Waals surface area contributed by atoms with Gasteiger partial charge in [0, 0.05) is 17.3 Å². The molecule has 4 rings (SSSR count). The molecule has 0 bridgehead atoms. The van der Waals surface area contributed by atoms with Crippen molar-refractivity contribution in [2.75, 3.05) is 11.9 Å². The summed E-state index contributed by atoms with van der Waals surface area (Å²) in [7, 11) is 0. The molecule has 1 fully saturated rings. The molecule has 1 atom stereocenters. The first kappa shape index (κ1) is 20.5. The van der Waals surface area contributed by atoms with E-state index in [1.165, 1.54) is 12.8 Å². The van der Waals surface area contributed by atoms with E-state index in [0.717, 1.165) is 35.6 Å². The molecule has 1 heterocycles. The highest BCUT2D eigenvalue weighted by Gasteiger charge is 2.29. The van der Waals surface area contributed by atoms with Crippen LogP contribution in [0, 0.1) is 18.8 Å². The van der Waals surface area contributed by atoms with E-state index in [1.54, 1.807) is 0 Å². The highest BCUT2D eigenvalue weighted by Crippen LogP contribution is 2.31. The summed E-state index contributed by atoms with van der Waals surface area (Å²) in [5.41, 5.74) is 3.41. The molecule has 0 saturated heterocycles. The highest BCUT2D eigenvalue weighted by atomic mass is 16.5. The Labute approximate surface area is 178 Å². The van der Waals surface area contributed by atoms with Gasteiger partial charge in [0.1, 0.15) is 12.4 Å². The first-order chi connectivity index (χ1) is 14.5. The van der Waals surface area contributed by atoms with Gasteiger partial charge >= 0.3 is 0 Å². The maximum atomic E-state index is 12.8. The molecule has 2 aromatic carbocycles. The third kappa shape index (κ3) is 4.84. The number of carbonyl (C=O) groups is 2. The summed E-state index contributed by atoms with van der Waals surface area (Å²) in [6, 6.07) is 13.4. The number of fused-ring (bicyclic) bond motifs is 1. The van der Waals surface area contributed by atoms with Crippen LogP contribution in [0.5, 0.6) is 5.75 Å². The van der Waals surface area contributed by atoms with Crippen molar-refractivity contribution in [2.45, 2.75) is 52.0 Å². The number of carbonyl (C=O) groups excluding carboxylic acids is 2. The Hall–Kier alpha value is -2.82. The molecule has 1 aliphatic carbocycles. The topological polar surface area (TPSA) is 67.4 Å². The summed E-state index contributed by atoms with van der Waals surface area (Å²) in [4.78, 5) is 25.3. The second-order valence-corrected chi connectivity index (χ2v) is 8.82. The Kier molecular flexibility index (Phi) is 6.07. The summed E-state index contributed by atoms with van der Waals surface area (Å²) in [5.74, 6) is 1.29. The van der Waals surface area contributed by atoms with Gasteiger partial charge in [0.05, 0.1) is 5.92 Å². The minimum absolute atomic E-state index is 0.0781. The molecule has 5 heteroatoms. The predicted octanol–water partition coefficient (Wildman–Crippen LogP) is 4.49. The standard InChI is InChI=1S/C25H30N2O3/c1-16-3-7-18(8-4-16)24(28)27-22-11-12-23-19(14-22)13-20(15-30-23)25(29)26-21-9-5-17(2)6-10-21/h3-4,7-8,11-12,14,17,20-21H,5-6,9-10,13,15H2,1-2H3,(H,26,29)(H,27,28)/t17?,20-,21?/m1/s1. The SMILES string of the molecule is Cc1ccc(C(=O)Nc2ccc3c(c2)C[C@@H](C(=O)NC2CCC(C)CC2)CO3)cc1. The Balaban J connectivity index is 1.38. The van der Waals surface area contributed by atoms with Gasteiger partial charge in [0.15, 0.2) is 0 Å². The van der Waals surface area contributed by atoms with Crippen molar-refractivity contribution in [3.8, 4) is 5.75 Å². The van der Waals surface area contributed by atoms with E-state index in [4.69, 9.17) is 4.74 Å². The molecule has 1 saturated carbocycles. The van der Waals surface area contributed by atoms with Gasteiger partial charge in [-0.2, -0.15) is 0 Å². The molecule has 2 N–H and O–H groups in total. The van der Waals surface area contributed by atoms with Gasteiger partial charge < -0.3 is 15.4 Å². The zero-order chi connectivity index (χ0) is 21.1. The minimum Gasteiger partial charge on any atom is -0.492 e. The van der Waals surface area contributed by atoms with Gasteiger partial charge in [-0.25, -0.2) is 0 Å². The summed E-state index contributed by atoms with van der Waals surface area (Å²) < 4.78 is 5.85. The molecular weight excluding hydrogens is 376 g/mol. The van der Waals surface area contributed by atoms with Crippen LogP contribution in [-0.4, -0.2) is 24.5 Å². The molecule has 0 spiro atoms. The van der Waals surface area contributed by atoms with Crippen LogP contribution in [0.1, 0.15) is 54.1 Å². The fraction of sp³-hybridized carbons (Fsp3) is 0.440. The average molecular weight is 407 g/mol. The van der Waals surface area contributed by atoms with Gasteiger partial charge in [0.2, 0.25) is 5.91 Å². The number of anilines is 1. The van der Waals surface area contributed by atoms with Crippen LogP contribution in [0.4, 0.5) is 5.69 Å². The molecular formula is C25H30N2O3. The Morgan fingerprint density at radius 1 is 1.00 bits per heavy atom. The Morgan fingerprint density at radius 2 is 1.73 bits per heavy atom. The number of nitrogens with one attached hydrogen (secondary N) is 2. The van der Waals surface area contributed by atoms with E-state index in [9.17, 15) is 9.59 Å². The maximum absolute atomic E-state index is 12.8. The summed E-state index contributed by atoms with van der Waals surface area (Å²) in [6.07, 6.45) is 5.11. The summed E-state index contributed by atoms with van der Waals surface area (Å²) >= 11 is 0. The van der Waals surface area contributed by atoms with E-state index in [1.807, 2.05) is 49.4 Å². The van der Waals surface area contributed by atoms with Crippen LogP contribution in [-0.2, 0) is 11.2 Å². The van der Waals surface area contributed by atoms with Crippen LogP contribution >= 0.6 is 0 Å². The van der Waals surface area contributed by atoms with Crippen molar-refractivity contribution in [3.63, 3.8) is 0 Å².